The van der Waals surface area contributed by atoms with Crippen LogP contribution in [0, 0.1) is 6.92 Å². The predicted molar refractivity (Wildman–Crippen MR) is 79.4 cm³/mol. The number of aromatic amines is 1. The van der Waals surface area contributed by atoms with Gasteiger partial charge in [0.2, 0.25) is 11.8 Å². The molecule has 0 aromatic carbocycles. The van der Waals surface area contributed by atoms with Crippen LogP contribution in [0.15, 0.2) is 34.2 Å². The lowest BCUT2D eigenvalue weighted by atomic mass is 10.3. The van der Waals surface area contributed by atoms with Crippen LogP contribution in [0.5, 0.6) is 5.88 Å². The Morgan fingerprint density at radius 2 is 2.19 bits per heavy atom. The number of hydrogen-bond acceptors (Lipinski definition) is 6. The Labute approximate surface area is 124 Å². The number of carbonyl (C=O) groups is 1. The van der Waals surface area contributed by atoms with Crippen molar-refractivity contribution in [3.8, 4) is 5.88 Å². The van der Waals surface area contributed by atoms with Crippen LogP contribution in [0.2, 0.25) is 0 Å². The molecule has 1 amide bonds. The molecule has 0 spiro atoms. The molecule has 7 nitrogen and oxygen atoms in total. The molecule has 2 aromatic rings. The first kappa shape index (κ1) is 15.0. The van der Waals surface area contributed by atoms with Crippen LogP contribution >= 0.6 is 11.8 Å². The van der Waals surface area contributed by atoms with Crippen molar-refractivity contribution in [2.24, 2.45) is 0 Å². The molecule has 0 aliphatic rings. The summed E-state index contributed by atoms with van der Waals surface area (Å²) in [6, 6.07) is 6.28. The van der Waals surface area contributed by atoms with E-state index in [1.807, 2.05) is 13.0 Å². The topological polar surface area (TPSA) is 108 Å². The van der Waals surface area contributed by atoms with Crippen molar-refractivity contribution in [1.29, 1.82) is 0 Å². The van der Waals surface area contributed by atoms with Crippen LogP contribution < -0.4 is 10.9 Å². The van der Waals surface area contributed by atoms with E-state index in [9.17, 15) is 14.7 Å². The highest BCUT2D eigenvalue weighted by Gasteiger charge is 2.16. The second kappa shape index (κ2) is 6.40. The van der Waals surface area contributed by atoms with Gasteiger partial charge >= 0.3 is 0 Å². The lowest BCUT2D eigenvalue weighted by Crippen LogP contribution is -2.23. The fraction of sp³-hybridized carbons (Fsp3) is 0.231. The van der Waals surface area contributed by atoms with Gasteiger partial charge in [-0.15, -0.1) is 0 Å². The third-order valence-electron chi connectivity index (χ3n) is 2.50. The van der Waals surface area contributed by atoms with Gasteiger partial charge in [-0.25, -0.2) is 4.98 Å². The van der Waals surface area contributed by atoms with Crippen molar-refractivity contribution < 1.29 is 9.90 Å². The molecule has 0 radical (unpaired) electrons. The third-order valence-corrected chi connectivity index (χ3v) is 3.49. The summed E-state index contributed by atoms with van der Waals surface area (Å²) in [4.78, 5) is 33.6. The van der Waals surface area contributed by atoms with Gasteiger partial charge in [-0.05, 0) is 26.0 Å². The molecule has 0 bridgehead atoms. The summed E-state index contributed by atoms with van der Waals surface area (Å²) in [5.74, 6) is -0.192. The predicted octanol–water partition coefficient (Wildman–Crippen LogP) is 1.30. The van der Waals surface area contributed by atoms with Crippen molar-refractivity contribution in [2.45, 2.75) is 24.3 Å². The molecule has 21 heavy (non-hydrogen) atoms. The molecule has 1 atom stereocenters. The van der Waals surface area contributed by atoms with E-state index in [1.165, 1.54) is 0 Å². The minimum Gasteiger partial charge on any atom is -0.493 e. The largest absolute Gasteiger partial charge is 0.493 e. The molecular formula is C13H14N4O3S. The fourth-order valence-electron chi connectivity index (χ4n) is 1.54. The second-order valence-electron chi connectivity index (χ2n) is 4.32. The maximum atomic E-state index is 12.0. The Kier molecular flexibility index (Phi) is 4.59. The number of aromatic hydroxyl groups is 1. The van der Waals surface area contributed by atoms with Gasteiger partial charge in [0.1, 0.15) is 5.82 Å². The Morgan fingerprint density at radius 3 is 2.86 bits per heavy atom. The Balaban J connectivity index is 2.04. The molecule has 0 saturated carbocycles. The summed E-state index contributed by atoms with van der Waals surface area (Å²) in [6.07, 6.45) is 0. The van der Waals surface area contributed by atoms with Gasteiger partial charge in [-0.1, -0.05) is 17.8 Å². The van der Waals surface area contributed by atoms with E-state index >= 15 is 0 Å². The molecule has 0 aliphatic carbocycles. The van der Waals surface area contributed by atoms with Crippen LogP contribution in [-0.2, 0) is 4.79 Å². The molecule has 0 saturated heterocycles. The van der Waals surface area contributed by atoms with E-state index in [1.54, 1.807) is 19.1 Å². The number of nitrogens with zero attached hydrogens (tertiary/aromatic N) is 2. The average molecular weight is 306 g/mol. The molecular weight excluding hydrogens is 292 g/mol. The number of anilines is 1. The maximum absolute atomic E-state index is 12.0. The molecule has 0 aliphatic heterocycles. The zero-order valence-electron chi connectivity index (χ0n) is 11.5. The van der Waals surface area contributed by atoms with Crippen molar-refractivity contribution in [1.82, 2.24) is 15.0 Å². The van der Waals surface area contributed by atoms with E-state index < -0.39 is 10.8 Å². The zero-order valence-corrected chi connectivity index (χ0v) is 12.3. The summed E-state index contributed by atoms with van der Waals surface area (Å²) in [5.41, 5.74) is 0.324. The van der Waals surface area contributed by atoms with E-state index in [-0.39, 0.29) is 16.9 Å². The van der Waals surface area contributed by atoms with Crippen molar-refractivity contribution in [2.75, 3.05) is 5.32 Å². The smallest absolute Gasteiger partial charge is 0.255 e. The molecule has 1 unspecified atom stereocenters. The number of carbonyl (C=O) groups excluding carboxylic acids is 1. The number of hydrogen-bond donors (Lipinski definition) is 3. The van der Waals surface area contributed by atoms with Crippen LogP contribution in [0.1, 0.15) is 12.6 Å². The SMILES string of the molecule is Cc1cccc(NC(=O)C(C)Sc2nc(O)cc(=O)[nH]2)n1. The monoisotopic (exact) mass is 306 g/mol. The number of H-pyrrole nitrogens is 1. The van der Waals surface area contributed by atoms with Crippen molar-refractivity contribution in [3.63, 3.8) is 0 Å². The van der Waals surface area contributed by atoms with Crippen LogP contribution in [0.4, 0.5) is 5.82 Å². The number of thioether (sulfide) groups is 1. The number of rotatable bonds is 4. The Hall–Kier alpha value is -2.35. The fourth-order valence-corrected chi connectivity index (χ4v) is 2.35. The summed E-state index contributed by atoms with van der Waals surface area (Å²) in [5, 5.41) is 11.6. The normalized spacial score (nSPS) is 11.9. The Bertz CT molecular complexity index is 717. The maximum Gasteiger partial charge on any atom is 0.255 e. The number of pyridine rings is 1. The number of nitrogens with one attached hydrogen (secondary N) is 2. The minimum absolute atomic E-state index is 0.180. The Morgan fingerprint density at radius 1 is 1.43 bits per heavy atom. The number of aromatic nitrogens is 3. The lowest BCUT2D eigenvalue weighted by molar-refractivity contribution is -0.115. The highest BCUT2D eigenvalue weighted by molar-refractivity contribution is 8.00. The number of aryl methyl sites for hydroxylation is 1. The molecule has 110 valence electrons. The van der Waals surface area contributed by atoms with Gasteiger partial charge in [-0.3, -0.25) is 9.59 Å². The first-order valence-corrected chi connectivity index (χ1v) is 7.03. The summed E-state index contributed by atoms with van der Waals surface area (Å²) in [6.45, 7) is 3.50. The first-order chi connectivity index (χ1) is 9.94. The zero-order chi connectivity index (χ0) is 15.4. The highest BCUT2D eigenvalue weighted by Crippen LogP contribution is 2.20. The molecule has 2 rings (SSSR count). The van der Waals surface area contributed by atoms with E-state index in [2.05, 4.69) is 20.3 Å². The van der Waals surface area contributed by atoms with Crippen LogP contribution in [-0.4, -0.2) is 31.2 Å². The van der Waals surface area contributed by atoms with Gasteiger partial charge < -0.3 is 15.4 Å². The summed E-state index contributed by atoms with van der Waals surface area (Å²) < 4.78 is 0. The molecule has 8 heteroatoms. The molecule has 2 heterocycles. The van der Waals surface area contributed by atoms with Gasteiger partial charge in [0.15, 0.2) is 5.16 Å². The van der Waals surface area contributed by atoms with Gasteiger partial charge in [0.05, 0.1) is 11.3 Å². The average Bonchev–Trinajstić information content (AvgIpc) is 2.37. The van der Waals surface area contributed by atoms with Gasteiger partial charge in [-0.2, -0.15) is 4.98 Å². The highest BCUT2D eigenvalue weighted by atomic mass is 32.2. The van der Waals surface area contributed by atoms with Gasteiger partial charge in [0, 0.05) is 5.69 Å². The van der Waals surface area contributed by atoms with E-state index in [0.717, 1.165) is 23.5 Å². The first-order valence-electron chi connectivity index (χ1n) is 6.15. The van der Waals surface area contributed by atoms with E-state index in [4.69, 9.17) is 0 Å². The van der Waals surface area contributed by atoms with Crippen LogP contribution in [0.3, 0.4) is 0 Å². The summed E-state index contributed by atoms with van der Waals surface area (Å²) >= 11 is 1.04. The van der Waals surface area contributed by atoms with Gasteiger partial charge in [0.25, 0.3) is 5.56 Å². The lowest BCUT2D eigenvalue weighted by Gasteiger charge is -2.11. The van der Waals surface area contributed by atoms with Crippen molar-refractivity contribution in [3.05, 3.63) is 40.3 Å². The number of amides is 1. The summed E-state index contributed by atoms with van der Waals surface area (Å²) in [7, 11) is 0. The quantitative estimate of drug-likeness (QED) is 0.580. The van der Waals surface area contributed by atoms with E-state index in [0.29, 0.717) is 5.82 Å². The molecule has 3 N–H and O–H groups in total. The van der Waals surface area contributed by atoms with Crippen molar-refractivity contribution >= 4 is 23.5 Å². The molecule has 0 fully saturated rings. The van der Waals surface area contributed by atoms with Crippen LogP contribution in [0.25, 0.3) is 0 Å². The third kappa shape index (κ3) is 4.32. The molecule has 2 aromatic heterocycles. The standard InChI is InChI=1S/C13H14N4O3S/c1-7-4-3-5-9(14-7)15-12(20)8(2)21-13-16-10(18)6-11(19)17-13/h3-6,8H,1-2H3,(H,14,15,20)(H2,16,17,18,19). The minimum atomic E-state index is -0.516. The second-order valence-corrected chi connectivity index (χ2v) is 5.65.